The van der Waals surface area contributed by atoms with Crippen LogP contribution < -0.4 is 10.9 Å². The van der Waals surface area contributed by atoms with Crippen LogP contribution >= 0.6 is 23.4 Å². The van der Waals surface area contributed by atoms with Crippen molar-refractivity contribution in [2.24, 2.45) is 5.92 Å². The number of carbonyl (C=O) groups excluding carboxylic acids is 1. The number of carbonyl (C=O) groups is 1. The summed E-state index contributed by atoms with van der Waals surface area (Å²) in [4.78, 5) is 37.2. The number of aryl methyl sites for hydroxylation is 1. The highest BCUT2D eigenvalue weighted by molar-refractivity contribution is 7.98. The van der Waals surface area contributed by atoms with Gasteiger partial charge in [0.15, 0.2) is 0 Å². The molecule has 0 aromatic carbocycles. The summed E-state index contributed by atoms with van der Waals surface area (Å²) in [5, 5.41) is 4.24. The van der Waals surface area contributed by atoms with E-state index in [-0.39, 0.29) is 24.1 Å². The van der Waals surface area contributed by atoms with E-state index in [1.807, 2.05) is 32.2 Å². The number of aromatic nitrogens is 3. The second-order valence-electron chi connectivity index (χ2n) is 11.0. The smallest absolute Gasteiger partial charge is 0.254 e. The van der Waals surface area contributed by atoms with Crippen LogP contribution in [0.25, 0.3) is 11.0 Å². The summed E-state index contributed by atoms with van der Waals surface area (Å²) < 4.78 is 7.69. The van der Waals surface area contributed by atoms with E-state index in [1.54, 1.807) is 13.3 Å². The molecule has 2 N–H and O–H groups in total. The Bertz CT molecular complexity index is 1420. The summed E-state index contributed by atoms with van der Waals surface area (Å²) in [5.41, 5.74) is 3.40. The van der Waals surface area contributed by atoms with Gasteiger partial charge in [-0.05, 0) is 70.8 Å². The van der Waals surface area contributed by atoms with Crippen molar-refractivity contribution in [2.75, 3.05) is 26.5 Å². The molecule has 0 spiro atoms. The van der Waals surface area contributed by atoms with Gasteiger partial charge in [-0.15, -0.1) is 11.8 Å². The lowest BCUT2D eigenvalue weighted by Crippen LogP contribution is -2.56. The summed E-state index contributed by atoms with van der Waals surface area (Å²) in [5.74, 6) is 0.271. The van der Waals surface area contributed by atoms with Crippen molar-refractivity contribution < 1.29 is 9.53 Å². The van der Waals surface area contributed by atoms with Crippen LogP contribution in [0.15, 0.2) is 28.0 Å². The molecule has 0 radical (unpaired) electrons. The van der Waals surface area contributed by atoms with Crippen molar-refractivity contribution in [3.8, 4) is 0 Å². The largest absolute Gasteiger partial charge is 0.379 e. The van der Waals surface area contributed by atoms with Gasteiger partial charge in [0.1, 0.15) is 5.65 Å². The van der Waals surface area contributed by atoms with Crippen LogP contribution in [-0.4, -0.2) is 63.9 Å². The Labute approximate surface area is 238 Å². The van der Waals surface area contributed by atoms with Crippen LogP contribution in [-0.2, 0) is 11.3 Å². The van der Waals surface area contributed by atoms with Gasteiger partial charge < -0.3 is 19.6 Å². The summed E-state index contributed by atoms with van der Waals surface area (Å²) in [6.45, 7) is 8.32. The van der Waals surface area contributed by atoms with E-state index < -0.39 is 0 Å². The molecule has 1 saturated heterocycles. The number of thioether (sulfide) groups is 1. The molecule has 1 saturated carbocycles. The minimum absolute atomic E-state index is 0.144. The minimum Gasteiger partial charge on any atom is -0.379 e. The fraction of sp³-hybridized carbons (Fsp3) is 0.552. The number of nitrogens with one attached hydrogen (secondary N) is 2. The Balaban J connectivity index is 1.37. The zero-order valence-electron chi connectivity index (χ0n) is 23.3. The molecule has 0 bridgehead atoms. The molecule has 10 heteroatoms. The first kappa shape index (κ1) is 28.2. The molecule has 5 rings (SSSR count). The molecule has 2 fully saturated rings. The van der Waals surface area contributed by atoms with Crippen molar-refractivity contribution in [3.05, 3.63) is 56.2 Å². The maximum Gasteiger partial charge on any atom is 0.254 e. The third-order valence-corrected chi connectivity index (χ3v) is 9.72. The molecule has 8 nitrogen and oxygen atoms in total. The minimum atomic E-state index is -0.228. The zero-order valence-corrected chi connectivity index (χ0v) is 24.9. The van der Waals surface area contributed by atoms with E-state index in [9.17, 15) is 9.59 Å². The molecule has 1 aliphatic carbocycles. The van der Waals surface area contributed by atoms with Crippen molar-refractivity contribution in [3.63, 3.8) is 0 Å². The summed E-state index contributed by atoms with van der Waals surface area (Å²) in [6.07, 6.45) is 8.61. The molecule has 0 unspecified atom stereocenters. The maximum absolute atomic E-state index is 13.6. The van der Waals surface area contributed by atoms with Gasteiger partial charge in [-0.2, -0.15) is 0 Å². The Morgan fingerprint density at radius 1 is 1.26 bits per heavy atom. The lowest BCUT2D eigenvalue weighted by Gasteiger charge is -2.46. The Morgan fingerprint density at radius 3 is 2.64 bits per heavy atom. The number of hydrogen-bond donors (Lipinski definition) is 2. The number of rotatable bonds is 8. The second kappa shape index (κ2) is 11.6. The van der Waals surface area contributed by atoms with Crippen molar-refractivity contribution in [1.82, 2.24) is 24.8 Å². The van der Waals surface area contributed by atoms with Gasteiger partial charge in [0.05, 0.1) is 16.7 Å². The average molecular weight is 572 g/mol. The van der Waals surface area contributed by atoms with Gasteiger partial charge in [-0.3, -0.25) is 14.5 Å². The third-order valence-electron chi connectivity index (χ3n) is 8.71. The first-order valence-corrected chi connectivity index (χ1v) is 15.3. The van der Waals surface area contributed by atoms with E-state index in [1.165, 1.54) is 24.6 Å². The average Bonchev–Trinajstić information content (AvgIpc) is 3.17. The number of hydrogen-bond acceptors (Lipinski definition) is 6. The number of pyridine rings is 2. The molecular weight excluding hydrogens is 534 g/mol. The first-order chi connectivity index (χ1) is 18.7. The third kappa shape index (κ3) is 5.51. The fourth-order valence-corrected chi connectivity index (χ4v) is 7.30. The molecule has 3 aromatic heterocycles. The number of nitrogens with zero attached hydrogens (tertiary/aromatic N) is 3. The number of fused-ring (bicyclic) bond motifs is 1. The van der Waals surface area contributed by atoms with Gasteiger partial charge in [0.2, 0.25) is 0 Å². The maximum atomic E-state index is 13.6. The van der Waals surface area contributed by atoms with Crippen LogP contribution in [0, 0.1) is 19.8 Å². The van der Waals surface area contributed by atoms with Gasteiger partial charge in [0, 0.05) is 72.3 Å². The number of methoxy groups -OCH3 is 1. The number of amides is 1. The molecule has 4 heterocycles. The normalized spacial score (nSPS) is 21.2. The van der Waals surface area contributed by atoms with Crippen molar-refractivity contribution in [1.29, 1.82) is 0 Å². The van der Waals surface area contributed by atoms with Crippen molar-refractivity contribution >= 4 is 40.3 Å². The number of ether oxygens (including phenoxy) is 1. The summed E-state index contributed by atoms with van der Waals surface area (Å²) >= 11 is 7.85. The molecule has 3 aromatic rings. The first-order valence-electron chi connectivity index (χ1n) is 13.7. The van der Waals surface area contributed by atoms with Crippen molar-refractivity contribution in [2.45, 2.75) is 76.1 Å². The quantitative estimate of drug-likeness (QED) is 0.366. The fourth-order valence-electron chi connectivity index (χ4n) is 6.44. The standard InChI is InChI=1S/C29H38ClN5O3S/c1-16-10-25(39-5)24(28(36)33-16)13-32-29(37)26-18(3)35(27-23(26)11-20(30)12-31-27)17(2)19-6-8-21(9-7-19)34-14-22(15-34)38-4/h10-12,17,19,21-22H,6-9,13-15H2,1-5H3,(H,32,37)(H,33,36)/t17-,19?,21?/m1/s1. The predicted octanol–water partition coefficient (Wildman–Crippen LogP) is 5.10. The molecule has 39 heavy (non-hydrogen) atoms. The molecule has 1 atom stereocenters. The highest BCUT2D eigenvalue weighted by Gasteiger charge is 2.36. The lowest BCUT2D eigenvalue weighted by atomic mass is 9.80. The van der Waals surface area contributed by atoms with E-state index in [0.29, 0.717) is 34.2 Å². The van der Waals surface area contributed by atoms with Crippen LogP contribution in [0.3, 0.4) is 0 Å². The molecule has 1 amide bonds. The van der Waals surface area contributed by atoms with Crippen LogP contribution in [0.1, 0.15) is 66.0 Å². The van der Waals surface area contributed by atoms with Gasteiger partial charge >= 0.3 is 0 Å². The Kier molecular flexibility index (Phi) is 8.42. The number of H-pyrrole nitrogens is 1. The topological polar surface area (TPSA) is 92.2 Å². The number of aromatic amines is 1. The van der Waals surface area contributed by atoms with Crippen LogP contribution in [0.4, 0.5) is 0 Å². The van der Waals surface area contributed by atoms with Crippen LogP contribution in [0.5, 0.6) is 0 Å². The lowest BCUT2D eigenvalue weighted by molar-refractivity contribution is -0.0605. The van der Waals surface area contributed by atoms with E-state index >= 15 is 0 Å². The molecule has 1 aliphatic heterocycles. The summed E-state index contributed by atoms with van der Waals surface area (Å²) in [7, 11) is 1.80. The number of likely N-dealkylation sites (tertiary alicyclic amines) is 1. The second-order valence-corrected chi connectivity index (χ2v) is 12.3. The Morgan fingerprint density at radius 2 is 1.97 bits per heavy atom. The summed E-state index contributed by atoms with van der Waals surface area (Å²) in [6, 6.07) is 4.59. The monoisotopic (exact) mass is 571 g/mol. The molecular formula is C29H38ClN5O3S. The van der Waals surface area contributed by atoms with E-state index in [0.717, 1.165) is 53.2 Å². The number of halogens is 1. The predicted molar refractivity (Wildman–Crippen MR) is 157 cm³/mol. The Hall–Kier alpha value is -2.33. The van der Waals surface area contributed by atoms with Gasteiger partial charge in [-0.25, -0.2) is 4.98 Å². The van der Waals surface area contributed by atoms with E-state index in [4.69, 9.17) is 16.3 Å². The van der Waals surface area contributed by atoms with E-state index in [2.05, 4.69) is 31.7 Å². The zero-order chi connectivity index (χ0) is 27.8. The highest BCUT2D eigenvalue weighted by Crippen LogP contribution is 2.39. The molecule has 210 valence electrons. The SMILES string of the molecule is COC1CN(C2CCC([C@@H](C)n3c(C)c(C(=O)NCc4c(SC)cc(C)[nH]c4=O)c4cc(Cl)cnc43)CC2)C1. The van der Waals surface area contributed by atoms with Gasteiger partial charge in [0.25, 0.3) is 11.5 Å². The van der Waals surface area contributed by atoms with Crippen LogP contribution in [0.2, 0.25) is 5.02 Å². The highest BCUT2D eigenvalue weighted by atomic mass is 35.5. The molecule has 2 aliphatic rings. The van der Waals surface area contributed by atoms with Gasteiger partial charge in [-0.1, -0.05) is 11.6 Å².